The molecule has 0 radical (unpaired) electrons. The third-order valence-electron chi connectivity index (χ3n) is 4.80. The number of aromatic nitrogens is 2. The van der Waals surface area contributed by atoms with Gasteiger partial charge in [-0.2, -0.15) is 8.75 Å². The van der Waals surface area contributed by atoms with E-state index < -0.39 is 0 Å². The molecular weight excluding hydrogens is 388 g/mol. The van der Waals surface area contributed by atoms with Gasteiger partial charge in [-0.15, -0.1) is 0 Å². The van der Waals surface area contributed by atoms with Crippen LogP contribution in [0.1, 0.15) is 0 Å². The lowest BCUT2D eigenvalue weighted by Crippen LogP contribution is -1.92. The van der Waals surface area contributed by atoms with Gasteiger partial charge < -0.3 is 18.9 Å². The first-order valence-corrected chi connectivity index (χ1v) is 9.63. The second-order valence-corrected chi connectivity index (χ2v) is 6.79. The predicted octanol–water partition coefficient (Wildman–Crippen LogP) is 5.06. The highest BCUT2D eigenvalue weighted by Crippen LogP contribution is 2.39. The van der Waals surface area contributed by atoms with Gasteiger partial charge in [0, 0.05) is 11.1 Å². The molecule has 4 aromatic rings. The number of rotatable bonds is 6. The van der Waals surface area contributed by atoms with Gasteiger partial charge in [-0.25, -0.2) is 0 Å². The molecule has 3 aromatic carbocycles. The predicted molar refractivity (Wildman–Crippen MR) is 114 cm³/mol. The van der Waals surface area contributed by atoms with Crippen LogP contribution in [-0.2, 0) is 0 Å². The summed E-state index contributed by atoms with van der Waals surface area (Å²) < 4.78 is 30.7. The Labute approximate surface area is 173 Å². The number of methoxy groups -OCH3 is 4. The highest BCUT2D eigenvalue weighted by molar-refractivity contribution is 7.00. The molecule has 29 heavy (non-hydrogen) atoms. The van der Waals surface area contributed by atoms with Crippen molar-refractivity contribution in [2.24, 2.45) is 0 Å². The molecule has 7 heteroatoms. The van der Waals surface area contributed by atoms with Gasteiger partial charge in [0.25, 0.3) is 0 Å². The molecule has 148 valence electrons. The van der Waals surface area contributed by atoms with Crippen molar-refractivity contribution in [1.29, 1.82) is 0 Å². The van der Waals surface area contributed by atoms with Gasteiger partial charge in [0.2, 0.25) is 0 Å². The first-order valence-electron chi connectivity index (χ1n) is 8.90. The molecule has 0 aliphatic rings. The third-order valence-corrected chi connectivity index (χ3v) is 5.33. The van der Waals surface area contributed by atoms with E-state index in [-0.39, 0.29) is 0 Å². The van der Waals surface area contributed by atoms with Crippen LogP contribution in [0.25, 0.3) is 33.3 Å². The lowest BCUT2D eigenvalue weighted by atomic mass is 9.97. The smallest absolute Gasteiger partial charge is 0.161 e. The van der Waals surface area contributed by atoms with Gasteiger partial charge in [-0.05, 0) is 35.4 Å². The molecule has 6 nitrogen and oxygen atoms in total. The molecule has 0 saturated heterocycles. The van der Waals surface area contributed by atoms with Crippen molar-refractivity contribution in [3.63, 3.8) is 0 Å². The van der Waals surface area contributed by atoms with Crippen molar-refractivity contribution in [2.45, 2.75) is 0 Å². The molecule has 1 heterocycles. The summed E-state index contributed by atoms with van der Waals surface area (Å²) in [5.74, 6) is 2.72. The van der Waals surface area contributed by atoms with E-state index in [9.17, 15) is 0 Å². The van der Waals surface area contributed by atoms with Crippen LogP contribution < -0.4 is 18.9 Å². The van der Waals surface area contributed by atoms with Gasteiger partial charge >= 0.3 is 0 Å². The van der Waals surface area contributed by atoms with Crippen LogP contribution in [0.15, 0.2) is 48.5 Å². The summed E-state index contributed by atoms with van der Waals surface area (Å²) in [7, 11) is 6.50. The molecule has 0 amide bonds. The van der Waals surface area contributed by atoms with Crippen molar-refractivity contribution >= 4 is 22.8 Å². The Hall–Kier alpha value is -3.32. The van der Waals surface area contributed by atoms with Crippen LogP contribution in [0.4, 0.5) is 0 Å². The van der Waals surface area contributed by atoms with Crippen molar-refractivity contribution < 1.29 is 18.9 Å². The largest absolute Gasteiger partial charge is 0.493 e. The van der Waals surface area contributed by atoms with Crippen LogP contribution in [-0.4, -0.2) is 37.2 Å². The maximum Gasteiger partial charge on any atom is 0.161 e. The maximum atomic E-state index is 5.45. The van der Waals surface area contributed by atoms with E-state index in [0.29, 0.717) is 23.0 Å². The zero-order chi connectivity index (χ0) is 20.4. The summed E-state index contributed by atoms with van der Waals surface area (Å²) in [6.07, 6.45) is 0. The van der Waals surface area contributed by atoms with Gasteiger partial charge in [-0.1, -0.05) is 24.3 Å². The molecule has 0 spiro atoms. The molecule has 0 atom stereocenters. The Morgan fingerprint density at radius 3 is 1.34 bits per heavy atom. The summed E-state index contributed by atoms with van der Waals surface area (Å²) in [4.78, 5) is 0. The molecule has 0 aliphatic heterocycles. The highest BCUT2D eigenvalue weighted by atomic mass is 32.1. The number of nitrogens with zero attached hydrogens (tertiary/aromatic N) is 2. The van der Waals surface area contributed by atoms with E-state index in [1.807, 2.05) is 36.4 Å². The Balaban J connectivity index is 1.85. The summed E-state index contributed by atoms with van der Waals surface area (Å²) in [6, 6.07) is 15.8. The molecule has 0 aliphatic carbocycles. The fourth-order valence-corrected chi connectivity index (χ4v) is 3.91. The Morgan fingerprint density at radius 1 is 0.552 bits per heavy atom. The zero-order valence-electron chi connectivity index (χ0n) is 16.6. The minimum Gasteiger partial charge on any atom is -0.493 e. The fourth-order valence-electron chi connectivity index (χ4n) is 3.34. The Kier molecular flexibility index (Phi) is 5.22. The van der Waals surface area contributed by atoms with Crippen molar-refractivity contribution in [2.75, 3.05) is 28.4 Å². The van der Waals surface area contributed by atoms with Gasteiger partial charge in [-0.3, -0.25) is 0 Å². The minimum atomic E-state index is 0.672. The first-order chi connectivity index (χ1) is 14.2. The van der Waals surface area contributed by atoms with Crippen LogP contribution in [0.3, 0.4) is 0 Å². The van der Waals surface area contributed by atoms with Crippen molar-refractivity contribution in [3.8, 4) is 45.3 Å². The standard InChI is InChI=1S/C22H20N2O4S/c1-25-17-9-5-13(11-19(17)27-3)15-7-8-16(22-21(15)23-29-24-22)14-6-10-18(26-2)20(12-14)28-4/h5-12H,1-4H3. The minimum absolute atomic E-state index is 0.672. The third kappa shape index (κ3) is 3.34. The van der Waals surface area contributed by atoms with Gasteiger partial charge in [0.15, 0.2) is 23.0 Å². The highest BCUT2D eigenvalue weighted by Gasteiger charge is 2.16. The lowest BCUT2D eigenvalue weighted by Gasteiger charge is -2.12. The van der Waals surface area contributed by atoms with E-state index in [1.54, 1.807) is 28.4 Å². The first kappa shape index (κ1) is 19.0. The van der Waals surface area contributed by atoms with Crippen molar-refractivity contribution in [3.05, 3.63) is 48.5 Å². The van der Waals surface area contributed by atoms with Crippen LogP contribution >= 0.6 is 11.7 Å². The van der Waals surface area contributed by atoms with Crippen molar-refractivity contribution in [1.82, 2.24) is 8.75 Å². The van der Waals surface area contributed by atoms with Crippen LogP contribution in [0.2, 0.25) is 0 Å². The average molecular weight is 408 g/mol. The second kappa shape index (κ2) is 7.97. The van der Waals surface area contributed by atoms with Crippen LogP contribution in [0.5, 0.6) is 23.0 Å². The summed E-state index contributed by atoms with van der Waals surface area (Å²) in [5.41, 5.74) is 5.63. The molecule has 1 aromatic heterocycles. The topological polar surface area (TPSA) is 62.7 Å². The average Bonchev–Trinajstić information content (AvgIpc) is 3.27. The Morgan fingerprint density at radius 2 is 0.966 bits per heavy atom. The number of ether oxygens (including phenoxy) is 4. The summed E-state index contributed by atoms with van der Waals surface area (Å²) in [6.45, 7) is 0. The molecule has 0 fully saturated rings. The summed E-state index contributed by atoms with van der Waals surface area (Å²) in [5, 5.41) is 0. The van der Waals surface area contributed by atoms with E-state index in [4.69, 9.17) is 18.9 Å². The monoisotopic (exact) mass is 408 g/mol. The van der Waals surface area contributed by atoms with Crippen LogP contribution in [0, 0.1) is 0 Å². The van der Waals surface area contributed by atoms with E-state index in [1.165, 1.54) is 11.7 Å². The SMILES string of the molecule is COc1ccc(-c2ccc(-c3ccc(OC)c(OC)c3)c3nsnc23)cc1OC. The number of benzene rings is 3. The van der Waals surface area contributed by atoms with Gasteiger partial charge in [0.1, 0.15) is 11.0 Å². The number of hydrogen-bond acceptors (Lipinski definition) is 7. The van der Waals surface area contributed by atoms with E-state index in [0.717, 1.165) is 33.3 Å². The molecule has 0 unspecified atom stereocenters. The molecule has 4 rings (SSSR count). The Bertz CT molecular complexity index is 1080. The molecule has 0 saturated carbocycles. The van der Waals surface area contributed by atoms with E-state index in [2.05, 4.69) is 20.9 Å². The quantitative estimate of drug-likeness (QED) is 0.444. The number of hydrogen-bond donors (Lipinski definition) is 0. The lowest BCUT2D eigenvalue weighted by molar-refractivity contribution is 0.355. The normalized spacial score (nSPS) is 10.8. The molecule has 0 bridgehead atoms. The molecular formula is C22H20N2O4S. The second-order valence-electron chi connectivity index (χ2n) is 6.26. The number of fused-ring (bicyclic) bond motifs is 1. The van der Waals surface area contributed by atoms with E-state index >= 15 is 0 Å². The van der Waals surface area contributed by atoms with Gasteiger partial charge in [0.05, 0.1) is 40.2 Å². The maximum absolute atomic E-state index is 5.45. The summed E-state index contributed by atoms with van der Waals surface area (Å²) >= 11 is 1.19. The molecule has 0 N–H and O–H groups in total. The zero-order valence-corrected chi connectivity index (χ0v) is 17.4. The fraction of sp³-hybridized carbons (Fsp3) is 0.182.